The molecule has 8 nitrogen and oxygen atoms in total. The van der Waals surface area contributed by atoms with Gasteiger partial charge < -0.3 is 14.8 Å². The van der Waals surface area contributed by atoms with E-state index in [0.29, 0.717) is 29.3 Å². The predicted octanol–water partition coefficient (Wildman–Crippen LogP) is 4.40. The molecule has 0 saturated carbocycles. The number of amides is 1. The summed E-state index contributed by atoms with van der Waals surface area (Å²) in [6.45, 7) is 1.64. The number of esters is 1. The van der Waals surface area contributed by atoms with Gasteiger partial charge in [0.15, 0.2) is 0 Å². The fourth-order valence-corrected chi connectivity index (χ4v) is 6.75. The summed E-state index contributed by atoms with van der Waals surface area (Å²) in [5.41, 5.74) is 1.29. The maximum atomic E-state index is 13.6. The molecule has 1 aliphatic rings. The van der Waals surface area contributed by atoms with E-state index in [1.54, 1.807) is 0 Å². The molecule has 0 bridgehead atoms. The van der Waals surface area contributed by atoms with E-state index in [1.807, 2.05) is 6.92 Å². The largest absolute Gasteiger partial charge is 0.494 e. The van der Waals surface area contributed by atoms with Crippen LogP contribution in [0.5, 0.6) is 5.75 Å². The van der Waals surface area contributed by atoms with Crippen LogP contribution in [0.3, 0.4) is 0 Å². The van der Waals surface area contributed by atoms with Gasteiger partial charge in [-0.05, 0) is 80.3 Å². The lowest BCUT2D eigenvalue weighted by Crippen LogP contribution is -2.38. The predicted molar refractivity (Wildman–Crippen MR) is 135 cm³/mol. The number of hydrogen-bond acceptors (Lipinski definition) is 7. The summed E-state index contributed by atoms with van der Waals surface area (Å²) >= 11 is 1.29. The zero-order valence-corrected chi connectivity index (χ0v) is 21.4. The highest BCUT2D eigenvalue weighted by atomic mass is 32.2. The molecule has 190 valence electrons. The quantitative estimate of drug-likeness (QED) is 0.410. The number of carbonyl (C=O) groups is 2. The van der Waals surface area contributed by atoms with Gasteiger partial charge in [-0.25, -0.2) is 17.6 Å². The van der Waals surface area contributed by atoms with Crippen LogP contribution in [0, 0.1) is 5.82 Å². The zero-order chi connectivity index (χ0) is 25.9. The monoisotopic (exact) mass is 532 g/mol. The average Bonchev–Trinajstić information content (AvgIpc) is 3.44. The van der Waals surface area contributed by atoms with E-state index in [2.05, 4.69) is 5.32 Å². The summed E-state index contributed by atoms with van der Waals surface area (Å²) in [5, 5.41) is 3.02. The van der Waals surface area contributed by atoms with Crippen LogP contribution in [0.4, 0.5) is 15.1 Å². The number of carbonyl (C=O) groups excluding carboxylic acids is 2. The molecule has 11 heteroatoms. The van der Waals surface area contributed by atoms with Gasteiger partial charge in [-0.15, -0.1) is 11.3 Å². The Morgan fingerprint density at radius 1 is 1.08 bits per heavy atom. The van der Waals surface area contributed by atoms with E-state index in [9.17, 15) is 22.4 Å². The van der Waals surface area contributed by atoms with Crippen molar-refractivity contribution < 1.29 is 31.9 Å². The first-order valence-electron chi connectivity index (χ1n) is 11.3. The van der Waals surface area contributed by atoms with Gasteiger partial charge in [0.25, 0.3) is 10.0 Å². The van der Waals surface area contributed by atoms with Crippen molar-refractivity contribution in [2.24, 2.45) is 0 Å². The number of nitrogens with one attached hydrogen (secondary N) is 1. The van der Waals surface area contributed by atoms with Crippen molar-refractivity contribution in [3.05, 3.63) is 70.4 Å². The van der Waals surface area contributed by atoms with Crippen molar-refractivity contribution >= 4 is 43.9 Å². The summed E-state index contributed by atoms with van der Waals surface area (Å²) in [7, 11) is -2.94. The molecule has 36 heavy (non-hydrogen) atoms. The van der Waals surface area contributed by atoms with Crippen LogP contribution in [0.1, 0.15) is 34.1 Å². The highest BCUT2D eigenvalue weighted by Crippen LogP contribution is 2.39. The second kappa shape index (κ2) is 10.7. The number of hydrogen-bond donors (Lipinski definition) is 1. The number of anilines is 2. The highest BCUT2D eigenvalue weighted by Gasteiger charge is 2.31. The third kappa shape index (κ3) is 5.21. The van der Waals surface area contributed by atoms with Gasteiger partial charge in [0.2, 0.25) is 5.91 Å². The number of nitrogens with zero attached hydrogens (tertiary/aromatic N) is 1. The molecule has 0 fully saturated rings. The minimum absolute atomic E-state index is 0.0616. The van der Waals surface area contributed by atoms with Crippen molar-refractivity contribution in [2.45, 2.75) is 31.1 Å². The van der Waals surface area contributed by atoms with Crippen LogP contribution in [0.15, 0.2) is 53.4 Å². The number of ether oxygens (including phenoxy) is 2. The van der Waals surface area contributed by atoms with Gasteiger partial charge >= 0.3 is 5.97 Å². The number of methoxy groups -OCH3 is 1. The van der Waals surface area contributed by atoms with E-state index < -0.39 is 34.3 Å². The van der Waals surface area contributed by atoms with Gasteiger partial charge in [0, 0.05) is 4.88 Å². The lowest BCUT2D eigenvalue weighted by molar-refractivity contribution is -0.114. The number of fused-ring (bicyclic) bond motifs is 1. The molecule has 0 unspecified atom stereocenters. The number of sulfonamides is 1. The number of aryl methyl sites for hydroxylation is 1. The van der Waals surface area contributed by atoms with Crippen molar-refractivity contribution in [1.82, 2.24) is 0 Å². The van der Waals surface area contributed by atoms with E-state index in [-0.39, 0.29) is 10.6 Å². The number of halogens is 1. The molecule has 0 radical (unpaired) electrons. The molecular weight excluding hydrogens is 507 g/mol. The molecule has 1 aromatic heterocycles. The minimum Gasteiger partial charge on any atom is -0.494 e. The molecule has 0 saturated heterocycles. The van der Waals surface area contributed by atoms with Gasteiger partial charge in [-0.1, -0.05) is 0 Å². The van der Waals surface area contributed by atoms with Gasteiger partial charge in [0.1, 0.15) is 23.1 Å². The molecule has 0 spiro atoms. The summed E-state index contributed by atoms with van der Waals surface area (Å²) in [5.74, 6) is -1.25. The first kappa shape index (κ1) is 25.6. The van der Waals surface area contributed by atoms with Crippen molar-refractivity contribution in [2.75, 3.05) is 29.9 Å². The summed E-state index contributed by atoms with van der Waals surface area (Å²) in [6, 6.07) is 10.6. The Hall–Kier alpha value is -3.44. The van der Waals surface area contributed by atoms with Gasteiger partial charge in [-0.2, -0.15) is 0 Å². The van der Waals surface area contributed by atoms with Crippen molar-refractivity contribution in [3.63, 3.8) is 0 Å². The summed E-state index contributed by atoms with van der Waals surface area (Å²) in [4.78, 5) is 26.5. The average molecular weight is 533 g/mol. The molecule has 2 aromatic carbocycles. The highest BCUT2D eigenvalue weighted by molar-refractivity contribution is 7.92. The fourth-order valence-electron chi connectivity index (χ4n) is 4.03. The van der Waals surface area contributed by atoms with Crippen LogP contribution >= 0.6 is 11.3 Å². The Labute approximate surface area is 212 Å². The normalized spacial score (nSPS) is 12.6. The maximum Gasteiger partial charge on any atom is 0.341 e. The Kier molecular flexibility index (Phi) is 7.60. The van der Waals surface area contributed by atoms with Crippen LogP contribution in [0.2, 0.25) is 0 Å². The molecule has 3 aromatic rings. The Morgan fingerprint density at radius 2 is 1.78 bits per heavy atom. The Morgan fingerprint density at radius 3 is 2.42 bits per heavy atom. The zero-order valence-electron chi connectivity index (χ0n) is 19.7. The Balaban J connectivity index is 1.65. The molecular formula is C25H25FN2O6S2. The van der Waals surface area contributed by atoms with Crippen molar-refractivity contribution in [1.29, 1.82) is 0 Å². The van der Waals surface area contributed by atoms with Gasteiger partial charge in [-0.3, -0.25) is 9.10 Å². The third-order valence-corrected chi connectivity index (χ3v) is 8.68. The maximum absolute atomic E-state index is 13.6. The smallest absolute Gasteiger partial charge is 0.341 e. The summed E-state index contributed by atoms with van der Waals surface area (Å²) in [6.07, 6.45) is 2.42. The SMILES string of the molecule is CCOc1ccc(S(=O)(=O)N(CC(=O)Nc2sc3c(c2C(=O)OC)CCC3)c2ccc(F)cc2)cc1. The molecule has 1 amide bonds. The standard InChI is InChI=1S/C25H25FN2O6S2/c1-3-34-18-11-13-19(14-12-18)36(31,32)28(17-9-7-16(26)8-10-17)15-22(29)27-24-23(25(30)33-2)20-5-4-6-21(20)35-24/h7-14H,3-6,15H2,1-2H3,(H,27,29). The molecule has 1 aliphatic carbocycles. The number of thiophene rings is 1. The lowest BCUT2D eigenvalue weighted by Gasteiger charge is -2.24. The second-order valence-corrected chi connectivity index (χ2v) is 11.0. The van der Waals surface area contributed by atoms with Crippen LogP contribution < -0.4 is 14.4 Å². The van der Waals surface area contributed by atoms with Crippen molar-refractivity contribution in [3.8, 4) is 5.75 Å². The fraction of sp³-hybridized carbons (Fsp3) is 0.280. The number of benzene rings is 2. The Bertz CT molecular complexity index is 1370. The van der Waals surface area contributed by atoms with Crippen LogP contribution in [-0.4, -0.2) is 40.6 Å². The van der Waals surface area contributed by atoms with E-state index in [4.69, 9.17) is 9.47 Å². The third-order valence-electron chi connectivity index (χ3n) is 5.69. The molecule has 0 aliphatic heterocycles. The first-order chi connectivity index (χ1) is 17.2. The number of rotatable bonds is 9. The topological polar surface area (TPSA) is 102 Å². The molecule has 1 N–H and O–H groups in total. The molecule has 1 heterocycles. The molecule has 0 atom stereocenters. The van der Waals surface area contributed by atoms with Crippen LogP contribution in [-0.2, 0) is 32.4 Å². The second-order valence-electron chi connectivity index (χ2n) is 7.99. The van der Waals surface area contributed by atoms with E-state index >= 15 is 0 Å². The van der Waals surface area contributed by atoms with E-state index in [1.165, 1.54) is 54.8 Å². The first-order valence-corrected chi connectivity index (χ1v) is 13.5. The molecule has 4 rings (SSSR count). The lowest BCUT2D eigenvalue weighted by atomic mass is 10.1. The summed E-state index contributed by atoms with van der Waals surface area (Å²) < 4.78 is 51.8. The minimum atomic E-state index is -4.21. The van der Waals surface area contributed by atoms with Crippen LogP contribution in [0.25, 0.3) is 0 Å². The van der Waals surface area contributed by atoms with Gasteiger partial charge in [0.05, 0.1) is 29.9 Å². The van der Waals surface area contributed by atoms with E-state index in [0.717, 1.165) is 39.7 Å².